The van der Waals surface area contributed by atoms with Crippen LogP contribution in [0.25, 0.3) is 11.0 Å². The number of fused-ring (bicyclic) bond motifs is 1. The number of nitrogens with two attached hydrogens (primary N) is 1. The lowest BCUT2D eigenvalue weighted by molar-refractivity contribution is -0.0101. The summed E-state index contributed by atoms with van der Waals surface area (Å²) in [5.41, 5.74) is 10.1. The standard InChI is InChI=1S/C20H21ClN8O/c21-17-11(4-5-15-18(17)25-10-24-15)6-12-8-23-20(22)27-19(12)26-16-7-13(28-29-16)9-30-14-2-1-3-14/h4-5,7-8,10,14H,1-3,6,9H2,(H,24,25)(H4,22,23,26,27,28,29). The zero-order valence-corrected chi connectivity index (χ0v) is 16.9. The average Bonchev–Trinajstić information content (AvgIpc) is 3.34. The highest BCUT2D eigenvalue weighted by Crippen LogP contribution is 2.29. The van der Waals surface area contributed by atoms with Gasteiger partial charge < -0.3 is 20.8 Å². The van der Waals surface area contributed by atoms with E-state index >= 15 is 0 Å². The lowest BCUT2D eigenvalue weighted by atomic mass is 9.96. The minimum atomic E-state index is 0.180. The lowest BCUT2D eigenvalue weighted by Crippen LogP contribution is -2.21. The fourth-order valence-corrected chi connectivity index (χ4v) is 3.66. The Balaban J connectivity index is 1.35. The molecule has 0 spiro atoms. The van der Waals surface area contributed by atoms with Gasteiger partial charge >= 0.3 is 0 Å². The van der Waals surface area contributed by atoms with E-state index in [1.165, 1.54) is 6.42 Å². The molecule has 1 aliphatic carbocycles. The summed E-state index contributed by atoms with van der Waals surface area (Å²) < 4.78 is 5.82. The maximum absolute atomic E-state index is 6.56. The van der Waals surface area contributed by atoms with E-state index in [-0.39, 0.29) is 5.95 Å². The number of hydrogen-bond donors (Lipinski definition) is 4. The van der Waals surface area contributed by atoms with E-state index in [9.17, 15) is 0 Å². The lowest BCUT2D eigenvalue weighted by Gasteiger charge is -2.24. The molecule has 1 fully saturated rings. The van der Waals surface area contributed by atoms with Crippen molar-refractivity contribution in [1.82, 2.24) is 30.1 Å². The molecule has 4 aromatic rings. The number of benzene rings is 1. The zero-order valence-electron chi connectivity index (χ0n) is 16.2. The number of nitrogen functional groups attached to an aromatic ring is 1. The molecule has 0 amide bonds. The third-order valence-corrected chi connectivity index (χ3v) is 5.70. The van der Waals surface area contributed by atoms with Crippen LogP contribution in [0.15, 0.2) is 30.7 Å². The summed E-state index contributed by atoms with van der Waals surface area (Å²) >= 11 is 6.56. The van der Waals surface area contributed by atoms with Crippen molar-refractivity contribution in [2.24, 2.45) is 0 Å². The predicted octanol–water partition coefficient (Wildman–Crippen LogP) is 3.72. The Kier molecular flexibility index (Phi) is 4.97. The van der Waals surface area contributed by atoms with E-state index in [1.807, 2.05) is 18.2 Å². The highest BCUT2D eigenvalue weighted by atomic mass is 35.5. The molecule has 5 rings (SSSR count). The number of hydrogen-bond acceptors (Lipinski definition) is 7. The zero-order chi connectivity index (χ0) is 20.5. The van der Waals surface area contributed by atoms with Crippen molar-refractivity contribution in [2.75, 3.05) is 11.1 Å². The Morgan fingerprint density at radius 2 is 2.13 bits per heavy atom. The Morgan fingerprint density at radius 3 is 2.97 bits per heavy atom. The van der Waals surface area contributed by atoms with Gasteiger partial charge in [0.2, 0.25) is 5.95 Å². The van der Waals surface area contributed by atoms with Crippen LogP contribution < -0.4 is 11.1 Å². The Hall–Kier alpha value is -3.17. The SMILES string of the molecule is Nc1ncc(Cc2ccc3[nH]cnc3c2Cl)c(Nc2cc(COC3CCC3)[nH]n2)n1. The van der Waals surface area contributed by atoms with Gasteiger partial charge in [-0.3, -0.25) is 5.10 Å². The van der Waals surface area contributed by atoms with Gasteiger partial charge in [0.15, 0.2) is 5.82 Å². The molecule has 154 valence electrons. The van der Waals surface area contributed by atoms with Crippen molar-refractivity contribution in [2.45, 2.75) is 38.4 Å². The molecule has 5 N–H and O–H groups in total. The van der Waals surface area contributed by atoms with Crippen LogP contribution >= 0.6 is 11.6 Å². The second-order valence-corrected chi connectivity index (χ2v) is 7.76. The number of ether oxygens (including phenoxy) is 1. The van der Waals surface area contributed by atoms with Crippen molar-refractivity contribution in [3.8, 4) is 0 Å². The van der Waals surface area contributed by atoms with Crippen molar-refractivity contribution >= 4 is 40.2 Å². The number of nitrogens with zero attached hydrogens (tertiary/aromatic N) is 4. The number of halogens is 1. The molecule has 10 heteroatoms. The van der Waals surface area contributed by atoms with Crippen LogP contribution in [0.3, 0.4) is 0 Å². The second kappa shape index (κ2) is 7.92. The first-order chi connectivity index (χ1) is 14.7. The summed E-state index contributed by atoms with van der Waals surface area (Å²) in [6, 6.07) is 5.83. The Labute approximate surface area is 177 Å². The molecule has 1 aliphatic rings. The van der Waals surface area contributed by atoms with Crippen LogP contribution in [-0.4, -0.2) is 36.2 Å². The van der Waals surface area contributed by atoms with E-state index in [1.54, 1.807) is 12.5 Å². The minimum absolute atomic E-state index is 0.180. The molecule has 1 aromatic carbocycles. The van der Waals surface area contributed by atoms with Crippen LogP contribution in [0.4, 0.5) is 17.6 Å². The molecule has 3 aromatic heterocycles. The number of nitrogens with one attached hydrogen (secondary N) is 3. The third-order valence-electron chi connectivity index (χ3n) is 5.28. The fraction of sp³-hybridized carbons (Fsp3) is 0.300. The molecule has 9 nitrogen and oxygen atoms in total. The van der Waals surface area contributed by atoms with Gasteiger partial charge in [-0.15, -0.1) is 0 Å². The summed E-state index contributed by atoms with van der Waals surface area (Å²) in [7, 11) is 0. The van der Waals surface area contributed by atoms with Crippen molar-refractivity contribution < 1.29 is 4.74 Å². The first kappa shape index (κ1) is 18.8. The number of imidazole rings is 1. The first-order valence-electron chi connectivity index (χ1n) is 9.80. The number of H-pyrrole nitrogens is 2. The van der Waals surface area contributed by atoms with Crippen LogP contribution in [0, 0.1) is 0 Å². The van der Waals surface area contributed by atoms with Crippen LogP contribution in [0.5, 0.6) is 0 Å². The van der Waals surface area contributed by atoms with E-state index in [2.05, 4.69) is 35.5 Å². The molecule has 0 aliphatic heterocycles. The number of aromatic nitrogens is 6. The molecule has 0 radical (unpaired) electrons. The van der Waals surface area contributed by atoms with Crippen molar-refractivity contribution in [3.63, 3.8) is 0 Å². The predicted molar refractivity (Wildman–Crippen MR) is 115 cm³/mol. The monoisotopic (exact) mass is 424 g/mol. The normalized spacial score (nSPS) is 14.2. The van der Waals surface area contributed by atoms with E-state index in [0.717, 1.165) is 40.7 Å². The van der Waals surface area contributed by atoms with Gasteiger partial charge in [0, 0.05) is 24.2 Å². The van der Waals surface area contributed by atoms with Gasteiger partial charge in [-0.1, -0.05) is 17.7 Å². The van der Waals surface area contributed by atoms with Crippen LogP contribution in [0.2, 0.25) is 5.02 Å². The van der Waals surface area contributed by atoms with Gasteiger partial charge in [0.1, 0.15) is 11.3 Å². The molecule has 1 saturated carbocycles. The summed E-state index contributed by atoms with van der Waals surface area (Å²) in [6.45, 7) is 0.511. The first-order valence-corrected chi connectivity index (χ1v) is 10.2. The van der Waals surface area contributed by atoms with Gasteiger partial charge in [0.05, 0.1) is 35.3 Å². The molecule has 0 atom stereocenters. The van der Waals surface area contributed by atoms with Crippen molar-refractivity contribution in [1.29, 1.82) is 0 Å². The molecule has 3 heterocycles. The number of rotatable bonds is 7. The minimum Gasteiger partial charge on any atom is -0.372 e. The summed E-state index contributed by atoms with van der Waals surface area (Å²) in [6.07, 6.45) is 7.73. The third kappa shape index (κ3) is 3.81. The van der Waals surface area contributed by atoms with E-state index in [0.29, 0.717) is 35.8 Å². The summed E-state index contributed by atoms with van der Waals surface area (Å²) in [4.78, 5) is 15.8. The summed E-state index contributed by atoms with van der Waals surface area (Å²) in [5, 5.41) is 11.1. The van der Waals surface area contributed by atoms with Crippen LogP contribution in [0.1, 0.15) is 36.1 Å². The van der Waals surface area contributed by atoms with Gasteiger partial charge in [-0.05, 0) is 30.9 Å². The number of anilines is 3. The summed E-state index contributed by atoms with van der Waals surface area (Å²) in [5.74, 6) is 1.40. The van der Waals surface area contributed by atoms with Crippen LogP contribution in [-0.2, 0) is 17.8 Å². The van der Waals surface area contributed by atoms with Gasteiger partial charge in [0.25, 0.3) is 0 Å². The molecule has 0 saturated heterocycles. The van der Waals surface area contributed by atoms with E-state index < -0.39 is 0 Å². The topological polar surface area (TPSA) is 130 Å². The smallest absolute Gasteiger partial charge is 0.221 e. The molecular weight excluding hydrogens is 404 g/mol. The average molecular weight is 425 g/mol. The van der Waals surface area contributed by atoms with E-state index in [4.69, 9.17) is 22.1 Å². The molecule has 0 unspecified atom stereocenters. The van der Waals surface area contributed by atoms with Crippen molar-refractivity contribution in [3.05, 3.63) is 52.6 Å². The second-order valence-electron chi connectivity index (χ2n) is 7.38. The maximum Gasteiger partial charge on any atom is 0.221 e. The quantitative estimate of drug-likeness (QED) is 0.355. The molecular formula is C20H21ClN8O. The van der Waals surface area contributed by atoms with Gasteiger partial charge in [-0.2, -0.15) is 10.1 Å². The molecule has 0 bridgehead atoms. The van der Waals surface area contributed by atoms with Gasteiger partial charge in [-0.25, -0.2) is 9.97 Å². The highest BCUT2D eigenvalue weighted by Gasteiger charge is 2.18. The largest absolute Gasteiger partial charge is 0.372 e. The maximum atomic E-state index is 6.56. The number of aromatic amines is 2. The molecule has 30 heavy (non-hydrogen) atoms. The fourth-order valence-electron chi connectivity index (χ4n) is 3.38. The highest BCUT2D eigenvalue weighted by molar-refractivity contribution is 6.35. The Bertz CT molecular complexity index is 1180. The Morgan fingerprint density at radius 1 is 1.23 bits per heavy atom.